The van der Waals surface area contributed by atoms with E-state index in [0.717, 1.165) is 12.5 Å². The second-order valence-electron chi connectivity index (χ2n) is 4.45. The molecule has 3 unspecified atom stereocenters. The molecule has 1 aliphatic carbocycles. The lowest BCUT2D eigenvalue weighted by Crippen LogP contribution is -2.37. The van der Waals surface area contributed by atoms with Gasteiger partial charge in [0, 0.05) is 34.9 Å². The average molecular weight is 217 g/mol. The number of hydrogen-bond donors (Lipinski definition) is 1. The Labute approximate surface area is 90.3 Å². The summed E-state index contributed by atoms with van der Waals surface area (Å²) in [6.07, 6.45) is 7.09. The summed E-state index contributed by atoms with van der Waals surface area (Å²) in [7, 11) is -0.686. The van der Waals surface area contributed by atoms with Crippen LogP contribution in [0.2, 0.25) is 0 Å². The van der Waals surface area contributed by atoms with Gasteiger partial charge in [0.05, 0.1) is 0 Å². The van der Waals surface area contributed by atoms with Gasteiger partial charge in [-0.25, -0.2) is 0 Å². The molecule has 1 aliphatic rings. The van der Waals surface area contributed by atoms with Gasteiger partial charge in [0.15, 0.2) is 0 Å². The molecule has 0 spiro atoms. The smallest absolute Gasteiger partial charge is 0.0441 e. The number of rotatable bonds is 7. The predicted octanol–water partition coefficient (Wildman–Crippen LogP) is 1.92. The Bertz CT molecular complexity index is 192. The maximum Gasteiger partial charge on any atom is 0.0441 e. The van der Waals surface area contributed by atoms with Gasteiger partial charge in [-0.3, -0.25) is 4.21 Å². The zero-order chi connectivity index (χ0) is 10.6. The Morgan fingerprint density at radius 2 is 2.14 bits per heavy atom. The molecule has 0 heterocycles. The molecule has 1 saturated carbocycles. The first-order chi connectivity index (χ1) is 6.65. The van der Waals surface area contributed by atoms with Gasteiger partial charge in [-0.2, -0.15) is 0 Å². The molecule has 0 amide bonds. The highest BCUT2D eigenvalue weighted by molar-refractivity contribution is 7.84. The van der Waals surface area contributed by atoms with Gasteiger partial charge in [-0.15, -0.1) is 0 Å². The molecule has 14 heavy (non-hydrogen) atoms. The molecular formula is C11H23NOS. The second kappa shape index (κ2) is 5.86. The van der Waals surface area contributed by atoms with E-state index in [1.165, 1.54) is 25.7 Å². The van der Waals surface area contributed by atoms with E-state index in [4.69, 9.17) is 0 Å². The highest BCUT2D eigenvalue weighted by Gasteiger charge is 2.30. The largest absolute Gasteiger partial charge is 0.313 e. The Hall–Kier alpha value is 0.110. The summed E-state index contributed by atoms with van der Waals surface area (Å²) in [5.41, 5.74) is 0. The Morgan fingerprint density at radius 3 is 2.57 bits per heavy atom. The van der Waals surface area contributed by atoms with Crippen molar-refractivity contribution < 1.29 is 4.21 Å². The van der Waals surface area contributed by atoms with Crippen LogP contribution in [0.5, 0.6) is 0 Å². The molecule has 1 rings (SSSR count). The molecule has 0 bridgehead atoms. The minimum Gasteiger partial charge on any atom is -0.313 e. The molecule has 1 fully saturated rings. The van der Waals surface area contributed by atoms with Crippen molar-refractivity contribution in [2.24, 2.45) is 5.92 Å². The summed E-state index contributed by atoms with van der Waals surface area (Å²) in [4.78, 5) is 0. The molecule has 0 aliphatic heterocycles. The van der Waals surface area contributed by atoms with Crippen LogP contribution in [0.3, 0.4) is 0 Å². The van der Waals surface area contributed by atoms with Crippen molar-refractivity contribution in [2.75, 3.05) is 12.8 Å². The monoisotopic (exact) mass is 217 g/mol. The highest BCUT2D eigenvalue weighted by Crippen LogP contribution is 2.34. The van der Waals surface area contributed by atoms with E-state index < -0.39 is 10.8 Å². The lowest BCUT2D eigenvalue weighted by Gasteiger charge is -2.19. The van der Waals surface area contributed by atoms with Crippen LogP contribution in [0.15, 0.2) is 0 Å². The first kappa shape index (κ1) is 12.2. The standard InChI is InChI=1S/C11H23NOS/c1-4-5-11(10-6-7-10)12-8-9(2)14(3)13/h9-12H,4-8H2,1-3H3. The quantitative estimate of drug-likeness (QED) is 0.706. The Morgan fingerprint density at radius 1 is 1.50 bits per heavy atom. The topological polar surface area (TPSA) is 29.1 Å². The fourth-order valence-electron chi connectivity index (χ4n) is 1.75. The van der Waals surface area contributed by atoms with E-state index >= 15 is 0 Å². The first-order valence-electron chi connectivity index (χ1n) is 5.70. The van der Waals surface area contributed by atoms with Crippen molar-refractivity contribution in [1.82, 2.24) is 5.32 Å². The van der Waals surface area contributed by atoms with E-state index in [1.54, 1.807) is 6.26 Å². The number of hydrogen-bond acceptors (Lipinski definition) is 2. The summed E-state index contributed by atoms with van der Waals surface area (Å²) in [6.45, 7) is 5.20. The summed E-state index contributed by atoms with van der Waals surface area (Å²) >= 11 is 0. The molecule has 3 atom stereocenters. The van der Waals surface area contributed by atoms with Crippen LogP contribution < -0.4 is 5.32 Å². The van der Waals surface area contributed by atoms with Crippen LogP contribution in [0.4, 0.5) is 0 Å². The highest BCUT2D eigenvalue weighted by atomic mass is 32.2. The second-order valence-corrected chi connectivity index (χ2v) is 6.25. The third-order valence-corrected chi connectivity index (χ3v) is 4.32. The Balaban J connectivity index is 2.22. The van der Waals surface area contributed by atoms with E-state index in [1.807, 2.05) is 0 Å². The Kier molecular flexibility index (Phi) is 5.10. The van der Waals surface area contributed by atoms with Gasteiger partial charge in [0.2, 0.25) is 0 Å². The molecule has 0 radical (unpaired) electrons. The summed E-state index contributed by atoms with van der Waals surface area (Å²) in [6, 6.07) is 0.686. The lowest BCUT2D eigenvalue weighted by molar-refractivity contribution is 0.432. The van der Waals surface area contributed by atoms with Crippen LogP contribution in [-0.4, -0.2) is 28.3 Å². The molecule has 3 heteroatoms. The van der Waals surface area contributed by atoms with Crippen molar-refractivity contribution >= 4 is 10.8 Å². The van der Waals surface area contributed by atoms with Crippen molar-refractivity contribution in [2.45, 2.75) is 50.8 Å². The maximum absolute atomic E-state index is 11.2. The van der Waals surface area contributed by atoms with Crippen molar-refractivity contribution in [3.63, 3.8) is 0 Å². The molecule has 0 aromatic rings. The average Bonchev–Trinajstić information content (AvgIpc) is 2.94. The van der Waals surface area contributed by atoms with Crippen molar-refractivity contribution in [3.8, 4) is 0 Å². The predicted molar refractivity (Wildman–Crippen MR) is 63.0 cm³/mol. The molecule has 2 nitrogen and oxygen atoms in total. The fraction of sp³-hybridized carbons (Fsp3) is 1.00. The third kappa shape index (κ3) is 4.09. The van der Waals surface area contributed by atoms with E-state index in [9.17, 15) is 4.21 Å². The van der Waals surface area contributed by atoms with Crippen LogP contribution in [0.25, 0.3) is 0 Å². The minimum absolute atomic E-state index is 0.285. The number of nitrogens with one attached hydrogen (secondary N) is 1. The summed E-state index contributed by atoms with van der Waals surface area (Å²) < 4.78 is 11.2. The normalized spacial score (nSPS) is 23.1. The van der Waals surface area contributed by atoms with Crippen molar-refractivity contribution in [1.29, 1.82) is 0 Å². The zero-order valence-corrected chi connectivity index (χ0v) is 10.4. The first-order valence-corrected chi connectivity index (χ1v) is 7.32. The van der Waals surface area contributed by atoms with E-state index in [2.05, 4.69) is 19.2 Å². The van der Waals surface area contributed by atoms with Gasteiger partial charge in [0.25, 0.3) is 0 Å². The van der Waals surface area contributed by atoms with Gasteiger partial charge >= 0.3 is 0 Å². The third-order valence-electron chi connectivity index (χ3n) is 3.02. The van der Waals surface area contributed by atoms with Crippen LogP contribution in [0.1, 0.15) is 39.5 Å². The molecule has 0 aromatic heterocycles. The molecule has 84 valence electrons. The van der Waals surface area contributed by atoms with E-state index in [-0.39, 0.29) is 5.25 Å². The maximum atomic E-state index is 11.2. The van der Waals surface area contributed by atoms with Gasteiger partial charge in [-0.05, 0) is 32.1 Å². The van der Waals surface area contributed by atoms with E-state index in [0.29, 0.717) is 6.04 Å². The fourth-order valence-corrected chi connectivity index (χ4v) is 2.08. The molecule has 0 aromatic carbocycles. The van der Waals surface area contributed by atoms with Gasteiger partial charge < -0.3 is 5.32 Å². The van der Waals surface area contributed by atoms with Gasteiger partial charge in [-0.1, -0.05) is 13.3 Å². The zero-order valence-electron chi connectivity index (χ0n) is 9.58. The SMILES string of the molecule is CCCC(NCC(C)S(C)=O)C1CC1. The lowest BCUT2D eigenvalue weighted by atomic mass is 10.1. The van der Waals surface area contributed by atoms with Crippen LogP contribution in [-0.2, 0) is 10.8 Å². The summed E-state index contributed by atoms with van der Waals surface area (Å²) in [5.74, 6) is 0.910. The molecule has 0 saturated heterocycles. The molecular weight excluding hydrogens is 194 g/mol. The molecule has 1 N–H and O–H groups in total. The van der Waals surface area contributed by atoms with Crippen molar-refractivity contribution in [3.05, 3.63) is 0 Å². The minimum atomic E-state index is -0.686. The van der Waals surface area contributed by atoms with Gasteiger partial charge in [0.1, 0.15) is 0 Å². The van der Waals surface area contributed by atoms with Crippen LogP contribution in [0, 0.1) is 5.92 Å². The van der Waals surface area contributed by atoms with Crippen LogP contribution >= 0.6 is 0 Å². The summed E-state index contributed by atoms with van der Waals surface area (Å²) in [5, 5.41) is 3.86.